The number of amides is 1. The van der Waals surface area contributed by atoms with E-state index in [0.29, 0.717) is 18.6 Å². The predicted octanol–water partition coefficient (Wildman–Crippen LogP) is 1.84. The zero-order valence-electron chi connectivity index (χ0n) is 10.1. The molecule has 0 radical (unpaired) electrons. The molecule has 92 valence electrons. The van der Waals surface area contributed by atoms with Crippen molar-refractivity contribution in [3.63, 3.8) is 0 Å². The Labute approximate surface area is 101 Å². The van der Waals surface area contributed by atoms with Crippen LogP contribution in [0.2, 0.25) is 0 Å². The van der Waals surface area contributed by atoms with Gasteiger partial charge in [-0.25, -0.2) is 4.79 Å². The fraction of sp³-hybridized carbons (Fsp3) is 0.385. The van der Waals surface area contributed by atoms with Crippen molar-refractivity contribution in [2.45, 2.75) is 26.2 Å². The molecule has 4 heteroatoms. The molecule has 0 bridgehead atoms. The van der Waals surface area contributed by atoms with Crippen LogP contribution in [0.5, 0.6) is 0 Å². The van der Waals surface area contributed by atoms with Crippen molar-refractivity contribution < 1.29 is 14.3 Å². The van der Waals surface area contributed by atoms with Gasteiger partial charge in [0.05, 0.1) is 18.1 Å². The summed E-state index contributed by atoms with van der Waals surface area (Å²) in [4.78, 5) is 22.6. The lowest BCUT2D eigenvalue weighted by atomic mass is 9.95. The van der Waals surface area contributed by atoms with Gasteiger partial charge in [-0.05, 0) is 31.0 Å². The first-order chi connectivity index (χ1) is 8.10. The number of esters is 1. The van der Waals surface area contributed by atoms with E-state index in [-0.39, 0.29) is 17.8 Å². The molecule has 0 aliphatic carbocycles. The molecular weight excluding hydrogens is 218 g/mol. The summed E-state index contributed by atoms with van der Waals surface area (Å²) >= 11 is 0. The average Bonchev–Trinajstić information content (AvgIpc) is 2.30. The minimum atomic E-state index is -0.355. The van der Waals surface area contributed by atoms with Crippen LogP contribution in [0.3, 0.4) is 0 Å². The van der Waals surface area contributed by atoms with Crippen molar-refractivity contribution in [3.8, 4) is 0 Å². The van der Waals surface area contributed by atoms with Crippen molar-refractivity contribution in [1.82, 2.24) is 0 Å². The maximum Gasteiger partial charge on any atom is 0.338 e. The minimum Gasteiger partial charge on any atom is -0.462 e. The SMILES string of the molecule is CCOC(=O)c1ccc(C(CC)C(N)=O)cc1. The molecule has 17 heavy (non-hydrogen) atoms. The third kappa shape index (κ3) is 3.31. The fourth-order valence-corrected chi connectivity index (χ4v) is 1.67. The third-order valence-corrected chi connectivity index (χ3v) is 2.58. The maximum absolute atomic E-state index is 11.4. The van der Waals surface area contributed by atoms with Crippen LogP contribution < -0.4 is 5.73 Å². The van der Waals surface area contributed by atoms with Crippen LogP contribution in [-0.2, 0) is 9.53 Å². The van der Waals surface area contributed by atoms with Crippen molar-refractivity contribution in [2.24, 2.45) is 5.73 Å². The molecule has 0 aliphatic rings. The normalized spacial score (nSPS) is 11.9. The first-order valence-electron chi connectivity index (χ1n) is 5.66. The molecule has 0 aromatic heterocycles. The number of carbonyl (C=O) groups is 2. The number of nitrogens with two attached hydrogens (primary N) is 1. The van der Waals surface area contributed by atoms with Crippen LogP contribution in [0.1, 0.15) is 42.1 Å². The monoisotopic (exact) mass is 235 g/mol. The molecule has 0 aliphatic heterocycles. The molecular formula is C13H17NO3. The summed E-state index contributed by atoms with van der Waals surface area (Å²) in [5.41, 5.74) is 6.60. The van der Waals surface area contributed by atoms with Gasteiger partial charge in [0, 0.05) is 0 Å². The van der Waals surface area contributed by atoms with Crippen molar-refractivity contribution >= 4 is 11.9 Å². The average molecular weight is 235 g/mol. The van der Waals surface area contributed by atoms with Crippen molar-refractivity contribution in [3.05, 3.63) is 35.4 Å². The summed E-state index contributed by atoms with van der Waals surface area (Å²) in [6, 6.07) is 6.79. The highest BCUT2D eigenvalue weighted by Gasteiger charge is 2.16. The van der Waals surface area contributed by atoms with E-state index >= 15 is 0 Å². The Kier molecular flexibility index (Phi) is 4.69. The largest absolute Gasteiger partial charge is 0.462 e. The van der Waals surface area contributed by atoms with E-state index in [1.54, 1.807) is 31.2 Å². The highest BCUT2D eigenvalue weighted by atomic mass is 16.5. The van der Waals surface area contributed by atoms with Crippen LogP contribution in [-0.4, -0.2) is 18.5 Å². The molecule has 1 rings (SSSR count). The molecule has 0 saturated carbocycles. The first-order valence-corrected chi connectivity index (χ1v) is 5.66. The Morgan fingerprint density at radius 2 is 1.82 bits per heavy atom. The maximum atomic E-state index is 11.4. The Morgan fingerprint density at radius 1 is 1.24 bits per heavy atom. The minimum absolute atomic E-state index is 0.300. The number of primary amides is 1. The highest BCUT2D eigenvalue weighted by molar-refractivity contribution is 5.89. The van der Waals surface area contributed by atoms with E-state index in [4.69, 9.17) is 10.5 Å². The highest BCUT2D eigenvalue weighted by Crippen LogP contribution is 2.19. The summed E-state index contributed by atoms with van der Waals surface area (Å²) in [6.45, 7) is 4.00. The van der Waals surface area contributed by atoms with E-state index in [2.05, 4.69) is 0 Å². The molecule has 1 aromatic carbocycles. The lowest BCUT2D eigenvalue weighted by molar-refractivity contribution is -0.119. The summed E-state index contributed by atoms with van der Waals surface area (Å²) in [5, 5.41) is 0. The topological polar surface area (TPSA) is 69.4 Å². The van der Waals surface area contributed by atoms with Gasteiger partial charge in [-0.2, -0.15) is 0 Å². The molecule has 0 saturated heterocycles. The van der Waals surface area contributed by atoms with E-state index in [1.165, 1.54) is 0 Å². The lowest BCUT2D eigenvalue weighted by Gasteiger charge is -2.11. The Balaban J connectivity index is 2.87. The number of hydrogen-bond acceptors (Lipinski definition) is 3. The third-order valence-electron chi connectivity index (χ3n) is 2.58. The van der Waals surface area contributed by atoms with E-state index in [1.807, 2.05) is 6.92 Å². The van der Waals surface area contributed by atoms with Gasteiger partial charge >= 0.3 is 5.97 Å². The number of hydrogen-bond donors (Lipinski definition) is 1. The number of benzene rings is 1. The number of carbonyl (C=O) groups excluding carboxylic acids is 2. The molecule has 1 aromatic rings. The van der Waals surface area contributed by atoms with Crippen LogP contribution in [0.4, 0.5) is 0 Å². The smallest absolute Gasteiger partial charge is 0.338 e. The van der Waals surface area contributed by atoms with E-state index in [0.717, 1.165) is 5.56 Å². The molecule has 4 nitrogen and oxygen atoms in total. The van der Waals surface area contributed by atoms with Gasteiger partial charge in [-0.1, -0.05) is 19.1 Å². The van der Waals surface area contributed by atoms with Crippen LogP contribution in [0.25, 0.3) is 0 Å². The Bertz CT molecular complexity index is 398. The number of rotatable bonds is 5. The van der Waals surface area contributed by atoms with Gasteiger partial charge in [0.2, 0.25) is 5.91 Å². The summed E-state index contributed by atoms with van der Waals surface area (Å²) in [6.07, 6.45) is 0.647. The Hall–Kier alpha value is -1.84. The summed E-state index contributed by atoms with van der Waals surface area (Å²) < 4.78 is 4.87. The van der Waals surface area contributed by atoms with Crippen molar-refractivity contribution in [2.75, 3.05) is 6.61 Å². The molecule has 1 amide bonds. The molecule has 0 heterocycles. The van der Waals surface area contributed by atoms with Crippen LogP contribution in [0, 0.1) is 0 Å². The summed E-state index contributed by atoms with van der Waals surface area (Å²) in [5.74, 6) is -1.01. The molecule has 1 atom stereocenters. The van der Waals surface area contributed by atoms with Gasteiger partial charge in [0.1, 0.15) is 0 Å². The van der Waals surface area contributed by atoms with E-state index < -0.39 is 0 Å². The van der Waals surface area contributed by atoms with Gasteiger partial charge in [0.15, 0.2) is 0 Å². The molecule has 0 fully saturated rings. The fourth-order valence-electron chi connectivity index (χ4n) is 1.67. The van der Waals surface area contributed by atoms with Gasteiger partial charge in [-0.15, -0.1) is 0 Å². The lowest BCUT2D eigenvalue weighted by Crippen LogP contribution is -2.20. The second-order valence-corrected chi connectivity index (χ2v) is 3.71. The van der Waals surface area contributed by atoms with Gasteiger partial charge in [0.25, 0.3) is 0 Å². The van der Waals surface area contributed by atoms with Gasteiger partial charge < -0.3 is 10.5 Å². The zero-order chi connectivity index (χ0) is 12.8. The predicted molar refractivity (Wildman–Crippen MR) is 64.6 cm³/mol. The second kappa shape index (κ2) is 6.03. The van der Waals surface area contributed by atoms with Crippen molar-refractivity contribution in [1.29, 1.82) is 0 Å². The number of ether oxygens (including phenoxy) is 1. The standard InChI is InChI=1S/C13H17NO3/c1-3-11(12(14)15)9-5-7-10(8-6-9)13(16)17-4-2/h5-8,11H,3-4H2,1-2H3,(H2,14,15). The zero-order valence-corrected chi connectivity index (χ0v) is 10.1. The van der Waals surface area contributed by atoms with Crippen LogP contribution >= 0.6 is 0 Å². The summed E-state index contributed by atoms with van der Waals surface area (Å²) in [7, 11) is 0. The van der Waals surface area contributed by atoms with Crippen LogP contribution in [0.15, 0.2) is 24.3 Å². The Morgan fingerprint density at radius 3 is 2.24 bits per heavy atom. The first kappa shape index (κ1) is 13.2. The quantitative estimate of drug-likeness (QED) is 0.792. The second-order valence-electron chi connectivity index (χ2n) is 3.71. The van der Waals surface area contributed by atoms with E-state index in [9.17, 15) is 9.59 Å². The molecule has 1 unspecified atom stereocenters. The molecule has 2 N–H and O–H groups in total. The van der Waals surface area contributed by atoms with Gasteiger partial charge in [-0.3, -0.25) is 4.79 Å². The molecule has 0 spiro atoms.